The van der Waals surface area contributed by atoms with Gasteiger partial charge in [-0.2, -0.15) is 0 Å². The van der Waals surface area contributed by atoms with Gasteiger partial charge in [0.2, 0.25) is 5.91 Å². The van der Waals surface area contributed by atoms with Crippen molar-refractivity contribution in [2.45, 2.75) is 70.6 Å². The summed E-state index contributed by atoms with van der Waals surface area (Å²) in [5.41, 5.74) is 2.17. The van der Waals surface area contributed by atoms with Crippen molar-refractivity contribution in [3.8, 4) is 5.75 Å². The van der Waals surface area contributed by atoms with Gasteiger partial charge in [0.25, 0.3) is 0 Å². The Balaban J connectivity index is 2.05. The number of rotatable bonds is 6. The molecule has 0 radical (unpaired) electrons. The lowest BCUT2D eigenvalue weighted by Crippen LogP contribution is -2.50. The predicted octanol–water partition coefficient (Wildman–Crippen LogP) is 5.59. The molecule has 0 bridgehead atoms. The van der Waals surface area contributed by atoms with Crippen LogP contribution in [0, 0.1) is 0 Å². The van der Waals surface area contributed by atoms with Crippen molar-refractivity contribution >= 4 is 23.5 Å². The summed E-state index contributed by atoms with van der Waals surface area (Å²) in [6.45, 7) is 9.42. The fourth-order valence-corrected chi connectivity index (χ4v) is 4.44. The molecule has 0 aromatic heterocycles. The lowest BCUT2D eigenvalue weighted by Gasteiger charge is -2.43. The number of carboxylic acid groups (broad SMARTS) is 1. The highest BCUT2D eigenvalue weighted by molar-refractivity contribution is 6.30. The van der Waals surface area contributed by atoms with E-state index in [-0.39, 0.29) is 17.4 Å². The molecule has 1 aliphatic rings. The Hall–Kier alpha value is -2.57. The number of carbonyl (C=O) groups is 2. The number of benzene rings is 2. The number of hydrogen-bond donors (Lipinski definition) is 2. The first kappa shape index (κ1) is 25.1. The maximum atomic E-state index is 12.0. The summed E-state index contributed by atoms with van der Waals surface area (Å²) >= 11 is 6.08. The van der Waals surface area contributed by atoms with E-state index in [4.69, 9.17) is 26.2 Å². The van der Waals surface area contributed by atoms with Crippen molar-refractivity contribution in [3.05, 3.63) is 64.2 Å². The third-order valence-corrected chi connectivity index (χ3v) is 6.15. The molecule has 6 nitrogen and oxygen atoms in total. The molecule has 2 aromatic carbocycles. The van der Waals surface area contributed by atoms with Crippen LogP contribution in [0.25, 0.3) is 0 Å². The fraction of sp³-hybridized carbons (Fsp3) is 0.462. The molecule has 0 unspecified atom stereocenters. The van der Waals surface area contributed by atoms with Crippen LogP contribution in [0.4, 0.5) is 0 Å². The maximum absolute atomic E-state index is 12.0. The molecule has 0 saturated carbocycles. The molecule has 1 aliphatic heterocycles. The molecule has 2 aromatic rings. The Morgan fingerprint density at radius 3 is 2.36 bits per heavy atom. The maximum Gasteiger partial charge on any atom is 0.341 e. The van der Waals surface area contributed by atoms with Gasteiger partial charge in [-0.15, -0.1) is 0 Å². The van der Waals surface area contributed by atoms with E-state index in [1.807, 2.05) is 49.4 Å². The molecule has 1 saturated heterocycles. The summed E-state index contributed by atoms with van der Waals surface area (Å²) in [7, 11) is 0. The number of carboxylic acids is 1. The van der Waals surface area contributed by atoms with Crippen LogP contribution < -0.4 is 10.1 Å². The number of carbonyl (C=O) groups excluding carboxylic acids is 1. The van der Waals surface area contributed by atoms with Gasteiger partial charge in [0, 0.05) is 35.9 Å². The zero-order valence-corrected chi connectivity index (χ0v) is 20.5. The molecular formula is C26H32ClNO5. The van der Waals surface area contributed by atoms with Gasteiger partial charge in [0.1, 0.15) is 5.75 Å². The smallest absolute Gasteiger partial charge is 0.341 e. The standard InChI is InChI=1S/C26H32ClNO5/c1-16(29)28-26(5)13-22(17-6-9-19(27)10-7-17)33-23(14-26)20-12-18(25(2,3)4)8-11-21(20)32-15-24(30)31/h6-12,22-23H,13-15H2,1-5H3,(H,28,29)(H,30,31)/t22-,23+,26-/m0/s1. The molecule has 1 amide bonds. The first-order chi connectivity index (χ1) is 15.4. The molecule has 178 valence electrons. The van der Waals surface area contributed by atoms with E-state index in [0.717, 1.165) is 16.7 Å². The van der Waals surface area contributed by atoms with Gasteiger partial charge in [-0.1, -0.05) is 50.6 Å². The van der Waals surface area contributed by atoms with E-state index >= 15 is 0 Å². The third kappa shape index (κ3) is 6.49. The van der Waals surface area contributed by atoms with Gasteiger partial charge < -0.3 is 19.9 Å². The number of halogens is 1. The second kappa shape index (κ2) is 9.74. The lowest BCUT2D eigenvalue weighted by molar-refractivity contribution is -0.139. The Morgan fingerprint density at radius 1 is 1.15 bits per heavy atom. The molecule has 2 N–H and O–H groups in total. The van der Waals surface area contributed by atoms with Crippen LogP contribution in [0.1, 0.15) is 76.4 Å². The largest absolute Gasteiger partial charge is 0.482 e. The number of nitrogens with one attached hydrogen (secondary N) is 1. The highest BCUT2D eigenvalue weighted by Gasteiger charge is 2.41. The van der Waals surface area contributed by atoms with E-state index in [1.165, 1.54) is 6.92 Å². The van der Waals surface area contributed by atoms with Crippen LogP contribution >= 0.6 is 11.6 Å². The molecule has 3 atom stereocenters. The van der Waals surface area contributed by atoms with E-state index in [2.05, 4.69) is 26.1 Å². The Labute approximate surface area is 200 Å². The average Bonchev–Trinajstić information content (AvgIpc) is 2.70. The summed E-state index contributed by atoms with van der Waals surface area (Å²) in [5.74, 6) is -0.691. The normalized spacial score (nSPS) is 23.1. The van der Waals surface area contributed by atoms with E-state index < -0.39 is 24.2 Å². The minimum Gasteiger partial charge on any atom is -0.482 e. The molecular weight excluding hydrogens is 442 g/mol. The van der Waals surface area contributed by atoms with Gasteiger partial charge >= 0.3 is 5.97 Å². The molecule has 1 heterocycles. The van der Waals surface area contributed by atoms with E-state index in [9.17, 15) is 9.59 Å². The summed E-state index contributed by atoms with van der Waals surface area (Å²) in [5, 5.41) is 12.9. The molecule has 1 fully saturated rings. The minimum atomic E-state index is -1.05. The number of aliphatic carboxylic acids is 1. The zero-order valence-electron chi connectivity index (χ0n) is 19.8. The summed E-state index contributed by atoms with van der Waals surface area (Å²) in [6, 6.07) is 13.3. The van der Waals surface area contributed by atoms with E-state index in [1.54, 1.807) is 0 Å². The van der Waals surface area contributed by atoms with E-state index in [0.29, 0.717) is 23.6 Å². The first-order valence-corrected chi connectivity index (χ1v) is 11.4. The van der Waals surface area contributed by atoms with Gasteiger partial charge in [-0.3, -0.25) is 4.79 Å². The van der Waals surface area contributed by atoms with Crippen LogP contribution in [0.3, 0.4) is 0 Å². The van der Waals surface area contributed by atoms with Crippen molar-refractivity contribution < 1.29 is 24.2 Å². The predicted molar refractivity (Wildman–Crippen MR) is 128 cm³/mol. The Kier molecular flexibility index (Phi) is 7.39. The van der Waals surface area contributed by atoms with Gasteiger partial charge in [0.15, 0.2) is 6.61 Å². The van der Waals surface area contributed by atoms with Crippen molar-refractivity contribution in [1.82, 2.24) is 5.32 Å². The zero-order chi connectivity index (χ0) is 24.4. The first-order valence-electron chi connectivity index (χ1n) is 11.0. The summed E-state index contributed by atoms with van der Waals surface area (Å²) in [6.07, 6.45) is 0.411. The van der Waals surface area contributed by atoms with Gasteiger partial charge in [-0.05, 0) is 47.7 Å². The fourth-order valence-electron chi connectivity index (χ4n) is 4.32. The SMILES string of the molecule is CC(=O)N[C@@]1(C)C[C@@H](c2ccc(Cl)cc2)O[C@@H](c2cc(C(C)(C)C)ccc2OCC(=O)O)C1. The second-order valence-corrected chi connectivity index (χ2v) is 10.4. The van der Waals surface area contributed by atoms with Crippen LogP contribution in [-0.4, -0.2) is 29.1 Å². The molecule has 33 heavy (non-hydrogen) atoms. The summed E-state index contributed by atoms with van der Waals surface area (Å²) < 4.78 is 12.2. The highest BCUT2D eigenvalue weighted by atomic mass is 35.5. The van der Waals surface area contributed by atoms with Crippen LogP contribution in [-0.2, 0) is 19.7 Å². The van der Waals surface area contributed by atoms with Crippen molar-refractivity contribution in [2.75, 3.05) is 6.61 Å². The topological polar surface area (TPSA) is 84.9 Å². The Bertz CT molecular complexity index is 1010. The van der Waals surface area contributed by atoms with Crippen molar-refractivity contribution in [2.24, 2.45) is 0 Å². The van der Waals surface area contributed by atoms with Gasteiger partial charge in [0.05, 0.1) is 12.2 Å². The quantitative estimate of drug-likeness (QED) is 0.571. The molecule has 7 heteroatoms. The number of ether oxygens (including phenoxy) is 2. The number of hydrogen-bond acceptors (Lipinski definition) is 4. The molecule has 0 aliphatic carbocycles. The van der Waals surface area contributed by atoms with Crippen LogP contribution in [0.2, 0.25) is 5.02 Å². The molecule has 3 rings (SSSR count). The van der Waals surface area contributed by atoms with Crippen molar-refractivity contribution in [3.63, 3.8) is 0 Å². The Morgan fingerprint density at radius 2 is 1.79 bits per heavy atom. The third-order valence-electron chi connectivity index (χ3n) is 5.89. The van der Waals surface area contributed by atoms with Gasteiger partial charge in [-0.25, -0.2) is 4.79 Å². The highest BCUT2D eigenvalue weighted by Crippen LogP contribution is 2.46. The monoisotopic (exact) mass is 473 g/mol. The lowest BCUT2D eigenvalue weighted by atomic mass is 9.79. The number of amides is 1. The molecule has 0 spiro atoms. The average molecular weight is 474 g/mol. The van der Waals surface area contributed by atoms with Crippen LogP contribution in [0.5, 0.6) is 5.75 Å². The van der Waals surface area contributed by atoms with Crippen molar-refractivity contribution in [1.29, 1.82) is 0 Å². The minimum absolute atomic E-state index is 0.112. The van der Waals surface area contributed by atoms with Crippen LogP contribution in [0.15, 0.2) is 42.5 Å². The summed E-state index contributed by atoms with van der Waals surface area (Å²) in [4.78, 5) is 23.2. The second-order valence-electron chi connectivity index (χ2n) is 10.0.